The summed E-state index contributed by atoms with van der Waals surface area (Å²) in [7, 11) is 0. The standard InChI is InChI=1S/C13H11Cl2NO/c1-8-5-6-12(10(15)7-8)17-13-9(14)3-2-4-11(13)16/h2-7H,16H2,1H3. The van der Waals surface area contributed by atoms with Crippen LogP contribution >= 0.6 is 23.2 Å². The fourth-order valence-corrected chi connectivity index (χ4v) is 1.93. The van der Waals surface area contributed by atoms with Gasteiger partial charge in [0, 0.05) is 0 Å². The van der Waals surface area contributed by atoms with Crippen molar-refractivity contribution in [2.24, 2.45) is 0 Å². The lowest BCUT2D eigenvalue weighted by Crippen LogP contribution is -1.93. The Morgan fingerprint density at radius 1 is 1.06 bits per heavy atom. The van der Waals surface area contributed by atoms with E-state index in [0.717, 1.165) is 5.56 Å². The van der Waals surface area contributed by atoms with Crippen LogP contribution in [0.4, 0.5) is 5.69 Å². The van der Waals surface area contributed by atoms with Crippen LogP contribution in [0.2, 0.25) is 10.0 Å². The molecule has 2 nitrogen and oxygen atoms in total. The number of halogens is 2. The second-order valence-electron chi connectivity index (χ2n) is 3.69. The molecule has 0 saturated carbocycles. The highest BCUT2D eigenvalue weighted by Gasteiger charge is 2.09. The average molecular weight is 268 g/mol. The van der Waals surface area contributed by atoms with Crippen molar-refractivity contribution in [3.8, 4) is 11.5 Å². The molecular weight excluding hydrogens is 257 g/mol. The van der Waals surface area contributed by atoms with Crippen LogP contribution in [-0.2, 0) is 0 Å². The minimum atomic E-state index is 0.430. The molecule has 0 aliphatic carbocycles. The third kappa shape index (κ3) is 2.65. The van der Waals surface area contributed by atoms with Crippen molar-refractivity contribution in [1.29, 1.82) is 0 Å². The number of nitrogen functional groups attached to an aromatic ring is 1. The zero-order valence-electron chi connectivity index (χ0n) is 9.21. The molecule has 88 valence electrons. The van der Waals surface area contributed by atoms with Crippen molar-refractivity contribution in [3.63, 3.8) is 0 Å². The predicted molar refractivity (Wildman–Crippen MR) is 72.1 cm³/mol. The van der Waals surface area contributed by atoms with E-state index in [2.05, 4.69) is 0 Å². The van der Waals surface area contributed by atoms with Crippen LogP contribution in [0.5, 0.6) is 11.5 Å². The van der Waals surface area contributed by atoms with Crippen LogP contribution in [0, 0.1) is 6.92 Å². The van der Waals surface area contributed by atoms with Crippen LogP contribution in [0.25, 0.3) is 0 Å². The first-order valence-electron chi connectivity index (χ1n) is 5.06. The summed E-state index contributed by atoms with van der Waals surface area (Å²) in [5, 5.41) is 0.992. The first kappa shape index (κ1) is 12.1. The molecule has 0 aromatic heterocycles. The Kier molecular flexibility index (Phi) is 3.46. The molecule has 4 heteroatoms. The molecule has 0 aliphatic heterocycles. The maximum Gasteiger partial charge on any atom is 0.168 e. The van der Waals surface area contributed by atoms with E-state index >= 15 is 0 Å². The van der Waals surface area contributed by atoms with Crippen molar-refractivity contribution in [3.05, 3.63) is 52.0 Å². The van der Waals surface area contributed by atoms with Crippen molar-refractivity contribution in [2.45, 2.75) is 6.92 Å². The number of benzene rings is 2. The highest BCUT2D eigenvalue weighted by Crippen LogP contribution is 2.37. The number of hydrogen-bond acceptors (Lipinski definition) is 2. The van der Waals surface area contributed by atoms with Crippen molar-refractivity contribution < 1.29 is 4.74 Å². The third-order valence-corrected chi connectivity index (χ3v) is 2.89. The molecule has 2 aromatic carbocycles. The maximum atomic E-state index is 6.08. The van der Waals surface area contributed by atoms with Crippen molar-refractivity contribution in [1.82, 2.24) is 0 Å². The molecule has 0 heterocycles. The van der Waals surface area contributed by atoms with E-state index in [1.807, 2.05) is 19.1 Å². The van der Waals surface area contributed by atoms with Gasteiger partial charge in [-0.1, -0.05) is 35.3 Å². The molecule has 17 heavy (non-hydrogen) atoms. The summed E-state index contributed by atoms with van der Waals surface area (Å²) in [6.07, 6.45) is 0. The Balaban J connectivity index is 2.38. The van der Waals surface area contributed by atoms with Gasteiger partial charge in [0.2, 0.25) is 0 Å². The molecule has 0 fully saturated rings. The molecule has 0 radical (unpaired) electrons. The van der Waals surface area contributed by atoms with Gasteiger partial charge in [0.25, 0.3) is 0 Å². The Morgan fingerprint density at radius 3 is 2.47 bits per heavy atom. The number of nitrogens with two attached hydrogens (primary N) is 1. The third-order valence-electron chi connectivity index (χ3n) is 2.30. The monoisotopic (exact) mass is 267 g/mol. The Hall–Kier alpha value is -1.38. The molecule has 0 spiro atoms. The molecule has 0 unspecified atom stereocenters. The second-order valence-corrected chi connectivity index (χ2v) is 4.51. The van der Waals surface area contributed by atoms with E-state index in [-0.39, 0.29) is 0 Å². The SMILES string of the molecule is Cc1ccc(Oc2c(N)cccc2Cl)c(Cl)c1. The van der Waals surface area contributed by atoms with E-state index in [4.69, 9.17) is 33.7 Å². The second kappa shape index (κ2) is 4.86. The maximum absolute atomic E-state index is 6.08. The van der Waals surface area contributed by atoms with Gasteiger partial charge < -0.3 is 10.5 Å². The Bertz CT molecular complexity index is 535. The Morgan fingerprint density at radius 2 is 1.82 bits per heavy atom. The van der Waals surface area contributed by atoms with E-state index in [9.17, 15) is 0 Å². The normalized spacial score (nSPS) is 10.3. The minimum Gasteiger partial charge on any atom is -0.452 e. The fourth-order valence-electron chi connectivity index (χ4n) is 1.43. The van der Waals surface area contributed by atoms with Crippen LogP contribution in [0.15, 0.2) is 36.4 Å². The summed E-state index contributed by atoms with van der Waals surface area (Å²) in [6, 6.07) is 10.7. The summed E-state index contributed by atoms with van der Waals surface area (Å²) in [5.74, 6) is 0.969. The summed E-state index contributed by atoms with van der Waals surface area (Å²) in [6.45, 7) is 1.96. The molecule has 0 bridgehead atoms. The summed E-state index contributed by atoms with van der Waals surface area (Å²) in [4.78, 5) is 0. The quantitative estimate of drug-likeness (QED) is 0.803. The van der Waals surface area contributed by atoms with Gasteiger partial charge in [0.15, 0.2) is 5.75 Å². The molecule has 0 atom stereocenters. The molecule has 2 N–H and O–H groups in total. The molecular formula is C13H11Cl2NO. The van der Waals surface area contributed by atoms with Crippen LogP contribution in [-0.4, -0.2) is 0 Å². The van der Waals surface area contributed by atoms with Gasteiger partial charge in [-0.3, -0.25) is 0 Å². The van der Waals surface area contributed by atoms with Gasteiger partial charge in [-0.15, -0.1) is 0 Å². The zero-order valence-corrected chi connectivity index (χ0v) is 10.7. The highest BCUT2D eigenvalue weighted by molar-refractivity contribution is 6.33. The van der Waals surface area contributed by atoms with Crippen LogP contribution in [0.3, 0.4) is 0 Å². The number of anilines is 1. The first-order valence-corrected chi connectivity index (χ1v) is 5.81. The number of hydrogen-bond donors (Lipinski definition) is 1. The summed E-state index contributed by atoms with van der Waals surface area (Å²) in [5.41, 5.74) is 7.34. The van der Waals surface area contributed by atoms with Gasteiger partial charge in [-0.25, -0.2) is 0 Å². The number of aryl methyl sites for hydroxylation is 1. The van der Waals surface area contributed by atoms with Gasteiger partial charge >= 0.3 is 0 Å². The van der Waals surface area contributed by atoms with Crippen LogP contribution in [0.1, 0.15) is 5.56 Å². The van der Waals surface area contributed by atoms with E-state index < -0.39 is 0 Å². The summed E-state index contributed by atoms with van der Waals surface area (Å²) < 4.78 is 5.64. The first-order chi connectivity index (χ1) is 8.08. The lowest BCUT2D eigenvalue weighted by molar-refractivity contribution is 0.485. The topological polar surface area (TPSA) is 35.2 Å². The highest BCUT2D eigenvalue weighted by atomic mass is 35.5. The molecule has 2 aromatic rings. The molecule has 0 amide bonds. The van der Waals surface area contributed by atoms with Gasteiger partial charge in [0.1, 0.15) is 5.75 Å². The van der Waals surface area contributed by atoms with E-state index in [1.54, 1.807) is 24.3 Å². The van der Waals surface area contributed by atoms with Gasteiger partial charge in [-0.2, -0.15) is 0 Å². The minimum absolute atomic E-state index is 0.430. The van der Waals surface area contributed by atoms with E-state index in [0.29, 0.717) is 27.2 Å². The van der Waals surface area contributed by atoms with Crippen molar-refractivity contribution in [2.75, 3.05) is 5.73 Å². The largest absolute Gasteiger partial charge is 0.452 e. The van der Waals surface area contributed by atoms with Crippen molar-refractivity contribution >= 4 is 28.9 Å². The lowest BCUT2D eigenvalue weighted by atomic mass is 10.2. The number of ether oxygens (including phenoxy) is 1. The zero-order chi connectivity index (χ0) is 12.4. The van der Waals surface area contributed by atoms with Gasteiger partial charge in [0.05, 0.1) is 15.7 Å². The number of para-hydroxylation sites is 1. The fraction of sp³-hybridized carbons (Fsp3) is 0.0769. The lowest BCUT2D eigenvalue weighted by Gasteiger charge is -2.11. The summed E-state index contributed by atoms with van der Waals surface area (Å²) >= 11 is 12.1. The predicted octanol–water partition coefficient (Wildman–Crippen LogP) is 4.68. The molecule has 0 aliphatic rings. The van der Waals surface area contributed by atoms with Gasteiger partial charge in [-0.05, 0) is 36.8 Å². The average Bonchev–Trinajstić information content (AvgIpc) is 2.26. The number of rotatable bonds is 2. The smallest absolute Gasteiger partial charge is 0.168 e. The molecule has 0 saturated heterocycles. The van der Waals surface area contributed by atoms with E-state index in [1.165, 1.54) is 0 Å². The van der Waals surface area contributed by atoms with Crippen LogP contribution < -0.4 is 10.5 Å². The Labute approximate surface area is 110 Å². The molecule has 2 rings (SSSR count).